The molecule has 180 valence electrons. The highest BCUT2D eigenvalue weighted by Crippen LogP contribution is 2.24. The van der Waals surface area contributed by atoms with Crippen LogP contribution in [0, 0.1) is 0 Å². The van der Waals surface area contributed by atoms with Crippen molar-refractivity contribution in [1.82, 2.24) is 10.2 Å². The van der Waals surface area contributed by atoms with Gasteiger partial charge in [0.2, 0.25) is 11.8 Å². The molecule has 8 heteroatoms. The second-order valence-corrected chi connectivity index (χ2v) is 8.44. The molecule has 6 nitrogen and oxygen atoms in total. The number of hydrogen-bond acceptors (Lipinski definition) is 4. The lowest BCUT2D eigenvalue weighted by Crippen LogP contribution is -2.49. The summed E-state index contributed by atoms with van der Waals surface area (Å²) in [6.07, 6.45) is 2.08. The van der Waals surface area contributed by atoms with E-state index in [0.717, 1.165) is 17.7 Å². The first-order valence-electron chi connectivity index (χ1n) is 11.2. The number of nitrogens with one attached hydrogen (secondary N) is 1. The lowest BCUT2D eigenvalue weighted by molar-refractivity contribution is -0.141. The molecule has 0 unspecified atom stereocenters. The van der Waals surface area contributed by atoms with Gasteiger partial charge in [-0.05, 0) is 61.2 Å². The minimum absolute atomic E-state index is 0.127. The van der Waals surface area contributed by atoms with E-state index in [2.05, 4.69) is 5.32 Å². The zero-order valence-electron chi connectivity index (χ0n) is 19.4. The number of methoxy groups -OCH3 is 1. The second kappa shape index (κ2) is 14.0. The fourth-order valence-corrected chi connectivity index (χ4v) is 3.82. The number of amides is 2. The summed E-state index contributed by atoms with van der Waals surface area (Å²) in [4.78, 5) is 27.6. The van der Waals surface area contributed by atoms with Crippen molar-refractivity contribution in [3.63, 3.8) is 0 Å². The first-order valence-corrected chi connectivity index (χ1v) is 11.9. The van der Waals surface area contributed by atoms with Crippen molar-refractivity contribution in [2.45, 2.75) is 52.1 Å². The van der Waals surface area contributed by atoms with Crippen molar-refractivity contribution < 1.29 is 19.1 Å². The Bertz CT molecular complexity index is 906. The van der Waals surface area contributed by atoms with Crippen LogP contribution in [0.15, 0.2) is 42.5 Å². The van der Waals surface area contributed by atoms with Crippen molar-refractivity contribution in [2.75, 3.05) is 20.3 Å². The summed E-state index contributed by atoms with van der Waals surface area (Å²) in [5.41, 5.74) is 0.741. The van der Waals surface area contributed by atoms with Gasteiger partial charge in [-0.2, -0.15) is 0 Å². The van der Waals surface area contributed by atoms with Crippen LogP contribution in [0.2, 0.25) is 10.0 Å². The van der Waals surface area contributed by atoms with Gasteiger partial charge in [-0.25, -0.2) is 0 Å². The molecule has 0 aromatic heterocycles. The van der Waals surface area contributed by atoms with Crippen molar-refractivity contribution in [3.05, 3.63) is 58.1 Å². The van der Waals surface area contributed by atoms with E-state index in [1.807, 2.05) is 38.1 Å². The molecule has 0 fully saturated rings. The number of benzene rings is 2. The average molecular weight is 495 g/mol. The van der Waals surface area contributed by atoms with Gasteiger partial charge in [-0.1, -0.05) is 43.1 Å². The molecule has 33 heavy (non-hydrogen) atoms. The van der Waals surface area contributed by atoms with E-state index in [9.17, 15) is 9.59 Å². The third kappa shape index (κ3) is 8.45. The van der Waals surface area contributed by atoms with E-state index in [0.29, 0.717) is 41.8 Å². The Labute approximate surface area is 206 Å². The molecular weight excluding hydrogens is 463 g/mol. The fraction of sp³-hybridized carbons (Fsp3) is 0.440. The van der Waals surface area contributed by atoms with Crippen LogP contribution in [0.1, 0.15) is 45.1 Å². The molecule has 0 radical (unpaired) electrons. The standard InChI is InChI=1S/C25H32Cl2N2O4/c1-4-14-28-25(31)23(5-2)29(17-18-8-9-19(26)16-22(18)27)24(30)7-6-15-33-21-12-10-20(32-3)11-13-21/h8-13,16,23H,4-7,14-15,17H2,1-3H3,(H,28,31)/t23-/m0/s1. The van der Waals surface area contributed by atoms with Gasteiger partial charge in [0, 0.05) is 29.6 Å². The largest absolute Gasteiger partial charge is 0.497 e. The molecule has 2 amide bonds. The molecule has 0 saturated heterocycles. The summed E-state index contributed by atoms with van der Waals surface area (Å²) in [7, 11) is 1.61. The smallest absolute Gasteiger partial charge is 0.242 e. The second-order valence-electron chi connectivity index (χ2n) is 7.60. The Kier molecular flexibility index (Phi) is 11.3. The number of nitrogens with zero attached hydrogens (tertiary/aromatic N) is 1. The summed E-state index contributed by atoms with van der Waals surface area (Å²) in [5, 5.41) is 3.89. The Morgan fingerprint density at radius 2 is 1.76 bits per heavy atom. The maximum Gasteiger partial charge on any atom is 0.242 e. The highest BCUT2D eigenvalue weighted by Gasteiger charge is 2.28. The summed E-state index contributed by atoms with van der Waals surface area (Å²) in [6, 6.07) is 11.8. The van der Waals surface area contributed by atoms with Gasteiger partial charge >= 0.3 is 0 Å². The van der Waals surface area contributed by atoms with Gasteiger partial charge in [0.25, 0.3) is 0 Å². The molecule has 0 aliphatic carbocycles. The molecule has 2 rings (SSSR count). The van der Waals surface area contributed by atoms with Crippen molar-refractivity contribution >= 4 is 35.0 Å². The predicted molar refractivity (Wildman–Crippen MR) is 132 cm³/mol. The quantitative estimate of drug-likeness (QED) is 0.373. The third-order valence-corrected chi connectivity index (χ3v) is 5.74. The van der Waals surface area contributed by atoms with Crippen molar-refractivity contribution in [1.29, 1.82) is 0 Å². The van der Waals surface area contributed by atoms with Crippen LogP contribution in [-0.4, -0.2) is 43.0 Å². The molecular formula is C25H32Cl2N2O4. The molecule has 0 heterocycles. The normalized spacial score (nSPS) is 11.5. The van der Waals surface area contributed by atoms with Crippen molar-refractivity contribution in [2.24, 2.45) is 0 Å². The maximum atomic E-state index is 13.2. The minimum atomic E-state index is -0.585. The van der Waals surface area contributed by atoms with Gasteiger partial charge in [-0.15, -0.1) is 0 Å². The number of carbonyl (C=O) groups is 2. The van der Waals surface area contributed by atoms with Gasteiger partial charge < -0.3 is 19.7 Å². The van der Waals surface area contributed by atoms with E-state index in [1.165, 1.54) is 0 Å². The molecule has 2 aromatic carbocycles. The molecule has 1 atom stereocenters. The summed E-state index contributed by atoms with van der Waals surface area (Å²) in [5.74, 6) is 1.17. The number of rotatable bonds is 13. The zero-order valence-corrected chi connectivity index (χ0v) is 20.9. The molecule has 0 aliphatic rings. The van der Waals surface area contributed by atoms with E-state index in [-0.39, 0.29) is 24.8 Å². The van der Waals surface area contributed by atoms with Gasteiger partial charge in [0.05, 0.1) is 13.7 Å². The summed E-state index contributed by atoms with van der Waals surface area (Å²) >= 11 is 12.4. The minimum Gasteiger partial charge on any atom is -0.497 e. The monoisotopic (exact) mass is 494 g/mol. The van der Waals surface area contributed by atoms with Gasteiger partial charge in [-0.3, -0.25) is 9.59 Å². The zero-order chi connectivity index (χ0) is 24.2. The molecule has 0 saturated carbocycles. The molecule has 1 N–H and O–H groups in total. The Hall–Kier alpha value is -2.44. The van der Waals surface area contributed by atoms with Crippen LogP contribution >= 0.6 is 23.2 Å². The highest BCUT2D eigenvalue weighted by atomic mass is 35.5. The lowest BCUT2D eigenvalue weighted by atomic mass is 10.1. The Balaban J connectivity index is 2.06. The SMILES string of the molecule is CCCNC(=O)[C@H](CC)N(Cc1ccc(Cl)cc1Cl)C(=O)CCCOc1ccc(OC)cc1. The van der Waals surface area contributed by atoms with Crippen LogP contribution in [0.5, 0.6) is 11.5 Å². The fourth-order valence-electron chi connectivity index (χ4n) is 3.35. The number of halogens is 2. The van der Waals surface area contributed by atoms with Crippen LogP contribution < -0.4 is 14.8 Å². The van der Waals surface area contributed by atoms with E-state index >= 15 is 0 Å². The number of ether oxygens (including phenoxy) is 2. The summed E-state index contributed by atoms with van der Waals surface area (Å²) < 4.78 is 10.9. The summed E-state index contributed by atoms with van der Waals surface area (Å²) in [6.45, 7) is 5.06. The Morgan fingerprint density at radius 3 is 2.36 bits per heavy atom. The van der Waals surface area contributed by atoms with E-state index in [4.69, 9.17) is 32.7 Å². The molecule has 0 spiro atoms. The molecule has 0 bridgehead atoms. The average Bonchev–Trinajstić information content (AvgIpc) is 2.81. The van der Waals surface area contributed by atoms with E-state index in [1.54, 1.807) is 30.2 Å². The first-order chi connectivity index (χ1) is 15.9. The van der Waals surface area contributed by atoms with Crippen molar-refractivity contribution in [3.8, 4) is 11.5 Å². The highest BCUT2D eigenvalue weighted by molar-refractivity contribution is 6.35. The topological polar surface area (TPSA) is 67.9 Å². The third-order valence-electron chi connectivity index (χ3n) is 5.15. The van der Waals surface area contributed by atoms with Crippen LogP contribution in [0.3, 0.4) is 0 Å². The van der Waals surface area contributed by atoms with E-state index < -0.39 is 6.04 Å². The molecule has 2 aromatic rings. The van der Waals surface area contributed by atoms with Crippen LogP contribution in [0.4, 0.5) is 0 Å². The maximum absolute atomic E-state index is 13.2. The van der Waals surface area contributed by atoms with Gasteiger partial charge in [0.1, 0.15) is 17.5 Å². The lowest BCUT2D eigenvalue weighted by Gasteiger charge is -2.31. The predicted octanol–water partition coefficient (Wildman–Crippen LogP) is 5.49. The molecule has 0 aliphatic heterocycles. The first kappa shape index (κ1) is 26.8. The van der Waals surface area contributed by atoms with Crippen LogP contribution in [-0.2, 0) is 16.1 Å². The van der Waals surface area contributed by atoms with Crippen LogP contribution in [0.25, 0.3) is 0 Å². The number of hydrogen-bond donors (Lipinski definition) is 1. The van der Waals surface area contributed by atoms with Gasteiger partial charge in [0.15, 0.2) is 0 Å². The number of carbonyl (C=O) groups excluding carboxylic acids is 2. The Morgan fingerprint density at radius 1 is 1.06 bits per heavy atom.